The lowest BCUT2D eigenvalue weighted by atomic mass is 10.3. The molecule has 0 saturated carbocycles. The molecule has 1 aromatic heterocycles. The summed E-state index contributed by atoms with van der Waals surface area (Å²) in [5.41, 5.74) is -0.411. The monoisotopic (exact) mass is 239 g/mol. The molecule has 0 amide bonds. The molecule has 0 radical (unpaired) electrons. The molecule has 0 aliphatic carbocycles. The molecular formula is C12H21N3O2. The smallest absolute Gasteiger partial charge is 0.317 e. The molecular weight excluding hydrogens is 218 g/mol. The Balaban J connectivity index is 2.64. The Hall–Kier alpha value is -1.36. The van der Waals surface area contributed by atoms with E-state index in [1.165, 1.54) is 10.6 Å². The fraction of sp³-hybridized carbons (Fsp3) is 0.667. The van der Waals surface area contributed by atoms with Crippen molar-refractivity contribution in [3.63, 3.8) is 0 Å². The van der Waals surface area contributed by atoms with Crippen molar-refractivity contribution in [2.75, 3.05) is 13.1 Å². The summed E-state index contributed by atoms with van der Waals surface area (Å²) in [4.78, 5) is 23.4. The first-order valence-corrected chi connectivity index (χ1v) is 6.21. The molecule has 1 aromatic rings. The highest BCUT2D eigenvalue weighted by Crippen LogP contribution is 1.89. The standard InChI is InChI=1S/C12H21N3O2/c1-3-13-8-5-6-9-15-11(16)7-10-14(4-2)12(15)17/h7,10,13H,3-6,8-9H2,1-2H3. The second-order valence-corrected chi connectivity index (χ2v) is 3.93. The topological polar surface area (TPSA) is 56.0 Å². The Bertz CT molecular complexity index is 448. The molecule has 0 aliphatic heterocycles. The summed E-state index contributed by atoms with van der Waals surface area (Å²) in [6.45, 7) is 6.93. The lowest BCUT2D eigenvalue weighted by Crippen LogP contribution is -2.38. The molecule has 0 spiro atoms. The van der Waals surface area contributed by atoms with Gasteiger partial charge in [0.1, 0.15) is 0 Å². The van der Waals surface area contributed by atoms with Crippen LogP contribution in [0.2, 0.25) is 0 Å². The third-order valence-electron chi connectivity index (χ3n) is 2.72. The molecule has 0 unspecified atom stereocenters. The highest BCUT2D eigenvalue weighted by molar-refractivity contribution is 4.86. The van der Waals surface area contributed by atoms with Crippen LogP contribution in [-0.2, 0) is 13.1 Å². The van der Waals surface area contributed by atoms with Gasteiger partial charge in [0.25, 0.3) is 5.56 Å². The first kappa shape index (κ1) is 13.7. The minimum absolute atomic E-state index is 0.205. The van der Waals surface area contributed by atoms with Crippen LogP contribution in [0.1, 0.15) is 26.7 Å². The number of rotatable bonds is 7. The largest absolute Gasteiger partial charge is 0.330 e. The van der Waals surface area contributed by atoms with Crippen molar-refractivity contribution < 1.29 is 0 Å². The summed E-state index contributed by atoms with van der Waals surface area (Å²) >= 11 is 0. The number of nitrogens with one attached hydrogen (secondary N) is 1. The van der Waals surface area contributed by atoms with E-state index in [2.05, 4.69) is 12.2 Å². The number of nitrogens with zero attached hydrogens (tertiary/aromatic N) is 2. The highest BCUT2D eigenvalue weighted by atomic mass is 16.2. The van der Waals surface area contributed by atoms with Crippen LogP contribution in [0.15, 0.2) is 21.9 Å². The molecule has 5 nitrogen and oxygen atoms in total. The predicted molar refractivity (Wildman–Crippen MR) is 68.4 cm³/mol. The van der Waals surface area contributed by atoms with E-state index >= 15 is 0 Å². The maximum atomic E-state index is 11.9. The van der Waals surface area contributed by atoms with Gasteiger partial charge in [-0.3, -0.25) is 9.36 Å². The Labute approximate surface area is 101 Å². The maximum absolute atomic E-state index is 11.9. The summed E-state index contributed by atoms with van der Waals surface area (Å²) in [6, 6.07) is 1.45. The molecule has 1 rings (SSSR count). The van der Waals surface area contributed by atoms with E-state index in [1.54, 1.807) is 10.8 Å². The molecule has 96 valence electrons. The number of aromatic nitrogens is 2. The lowest BCUT2D eigenvalue weighted by Gasteiger charge is -2.08. The third kappa shape index (κ3) is 3.85. The Morgan fingerprint density at radius 3 is 2.65 bits per heavy atom. The van der Waals surface area contributed by atoms with E-state index in [0.29, 0.717) is 13.1 Å². The molecule has 0 fully saturated rings. The maximum Gasteiger partial charge on any atom is 0.330 e. The molecule has 1 N–H and O–H groups in total. The minimum atomic E-state index is -0.205. The SMILES string of the molecule is CCNCCCCn1c(=O)ccn(CC)c1=O. The number of unbranched alkanes of at least 4 members (excludes halogenated alkanes) is 1. The molecule has 0 aromatic carbocycles. The van der Waals surface area contributed by atoms with E-state index in [-0.39, 0.29) is 11.2 Å². The fourth-order valence-corrected chi connectivity index (χ4v) is 1.70. The fourth-order valence-electron chi connectivity index (χ4n) is 1.70. The van der Waals surface area contributed by atoms with Gasteiger partial charge in [0.05, 0.1) is 0 Å². The van der Waals surface area contributed by atoms with Crippen molar-refractivity contribution in [3.05, 3.63) is 33.1 Å². The highest BCUT2D eigenvalue weighted by Gasteiger charge is 2.03. The minimum Gasteiger partial charge on any atom is -0.317 e. The van der Waals surface area contributed by atoms with E-state index in [4.69, 9.17) is 0 Å². The second-order valence-electron chi connectivity index (χ2n) is 3.93. The van der Waals surface area contributed by atoms with Gasteiger partial charge in [-0.15, -0.1) is 0 Å². The van der Waals surface area contributed by atoms with Crippen molar-refractivity contribution in [1.82, 2.24) is 14.5 Å². The third-order valence-corrected chi connectivity index (χ3v) is 2.72. The second kappa shape index (κ2) is 7.06. The van der Waals surface area contributed by atoms with Gasteiger partial charge in [-0.05, 0) is 32.9 Å². The van der Waals surface area contributed by atoms with Gasteiger partial charge in [0, 0.05) is 25.4 Å². The summed E-state index contributed by atoms with van der Waals surface area (Å²) in [6.07, 6.45) is 3.37. The van der Waals surface area contributed by atoms with Gasteiger partial charge in [-0.1, -0.05) is 6.92 Å². The number of aryl methyl sites for hydroxylation is 1. The van der Waals surface area contributed by atoms with Crippen LogP contribution in [0.25, 0.3) is 0 Å². The molecule has 0 bridgehead atoms. The molecule has 0 aliphatic rings. The van der Waals surface area contributed by atoms with Crippen LogP contribution in [0.5, 0.6) is 0 Å². The Morgan fingerprint density at radius 2 is 2.00 bits per heavy atom. The van der Waals surface area contributed by atoms with Gasteiger partial charge in [-0.2, -0.15) is 0 Å². The van der Waals surface area contributed by atoms with Crippen molar-refractivity contribution in [3.8, 4) is 0 Å². The van der Waals surface area contributed by atoms with Crippen LogP contribution in [0.4, 0.5) is 0 Å². The van der Waals surface area contributed by atoms with E-state index in [1.807, 2.05) is 6.92 Å². The quantitative estimate of drug-likeness (QED) is 0.702. The van der Waals surface area contributed by atoms with Gasteiger partial charge in [0.2, 0.25) is 0 Å². The molecule has 0 atom stereocenters. The molecule has 17 heavy (non-hydrogen) atoms. The summed E-state index contributed by atoms with van der Waals surface area (Å²) in [5, 5.41) is 3.22. The first-order valence-electron chi connectivity index (χ1n) is 6.21. The van der Waals surface area contributed by atoms with Crippen LogP contribution in [0.3, 0.4) is 0 Å². The van der Waals surface area contributed by atoms with E-state index in [9.17, 15) is 9.59 Å². The zero-order valence-electron chi connectivity index (χ0n) is 10.6. The zero-order valence-corrected chi connectivity index (χ0v) is 10.6. The van der Waals surface area contributed by atoms with Crippen LogP contribution < -0.4 is 16.6 Å². The number of hydrogen-bond acceptors (Lipinski definition) is 3. The van der Waals surface area contributed by atoms with Gasteiger partial charge in [-0.25, -0.2) is 4.79 Å². The van der Waals surface area contributed by atoms with Crippen LogP contribution in [-0.4, -0.2) is 22.2 Å². The first-order chi connectivity index (χ1) is 8.20. The van der Waals surface area contributed by atoms with Crippen molar-refractivity contribution in [2.24, 2.45) is 0 Å². The zero-order chi connectivity index (χ0) is 12.7. The van der Waals surface area contributed by atoms with E-state index in [0.717, 1.165) is 25.9 Å². The Kier molecular flexibility index (Phi) is 5.69. The summed E-state index contributed by atoms with van der Waals surface area (Å²) < 4.78 is 2.86. The summed E-state index contributed by atoms with van der Waals surface area (Å²) in [7, 11) is 0. The summed E-state index contributed by atoms with van der Waals surface area (Å²) in [5.74, 6) is 0. The molecule has 0 saturated heterocycles. The normalized spacial score (nSPS) is 10.7. The van der Waals surface area contributed by atoms with Gasteiger partial charge < -0.3 is 9.88 Å². The van der Waals surface area contributed by atoms with Crippen molar-refractivity contribution in [1.29, 1.82) is 0 Å². The predicted octanol–water partition coefficient (Wildman–Crippen LogP) is 0.420. The van der Waals surface area contributed by atoms with Crippen LogP contribution in [0, 0.1) is 0 Å². The molecule has 5 heteroatoms. The van der Waals surface area contributed by atoms with Gasteiger partial charge in [0.15, 0.2) is 0 Å². The number of hydrogen-bond donors (Lipinski definition) is 1. The molecule has 1 heterocycles. The average Bonchev–Trinajstić information content (AvgIpc) is 2.33. The lowest BCUT2D eigenvalue weighted by molar-refractivity contribution is 0.521. The average molecular weight is 239 g/mol. The van der Waals surface area contributed by atoms with Crippen molar-refractivity contribution in [2.45, 2.75) is 39.8 Å². The van der Waals surface area contributed by atoms with Crippen LogP contribution >= 0.6 is 0 Å². The van der Waals surface area contributed by atoms with Crippen molar-refractivity contribution >= 4 is 0 Å². The van der Waals surface area contributed by atoms with Gasteiger partial charge >= 0.3 is 5.69 Å². The Morgan fingerprint density at radius 1 is 1.24 bits per heavy atom. The van der Waals surface area contributed by atoms with E-state index < -0.39 is 0 Å².